The predicted octanol–water partition coefficient (Wildman–Crippen LogP) is 13.3. The van der Waals surface area contributed by atoms with Gasteiger partial charge in [0.1, 0.15) is 11.5 Å². The summed E-state index contributed by atoms with van der Waals surface area (Å²) >= 11 is 0. The monoisotopic (exact) mass is 714 g/mol. The van der Waals surface area contributed by atoms with Gasteiger partial charge in [-0.3, -0.25) is 0 Å². The molecule has 3 nitrogen and oxygen atoms in total. The van der Waals surface area contributed by atoms with E-state index in [1.807, 2.05) is 24.3 Å². The number of hydrogen-bond donors (Lipinski definition) is 0. The smallest absolute Gasteiger partial charge is 0.160 e. The molecule has 0 atom stereocenters. The quantitative estimate of drug-likeness (QED) is 0.178. The lowest BCUT2D eigenvalue weighted by Gasteiger charge is -2.40. The van der Waals surface area contributed by atoms with Gasteiger partial charge in [-0.15, -0.1) is 0 Å². The normalized spacial score (nSPS) is 12.9. The average Bonchev–Trinajstić information content (AvgIpc) is 3.57. The van der Waals surface area contributed by atoms with Crippen LogP contribution in [0.2, 0.25) is 0 Å². The molecular weight excluding hydrogens is 681 g/mol. The molecule has 8 aromatic carbocycles. The Bertz CT molecular complexity index is 2910. The highest BCUT2D eigenvalue weighted by molar-refractivity contribution is 5.93. The molecule has 2 heterocycles. The van der Waals surface area contributed by atoms with E-state index in [0.717, 1.165) is 73.0 Å². The molecule has 0 radical (unpaired) electrons. The van der Waals surface area contributed by atoms with Crippen LogP contribution >= 0.6 is 0 Å². The molecule has 0 N–H and O–H groups in total. The van der Waals surface area contributed by atoms with Gasteiger partial charge in [-0.25, -0.2) is 9.97 Å². The van der Waals surface area contributed by atoms with Crippen molar-refractivity contribution in [2.75, 3.05) is 0 Å². The van der Waals surface area contributed by atoms with E-state index in [-0.39, 0.29) is 0 Å². The maximum absolute atomic E-state index is 7.08. The van der Waals surface area contributed by atoms with Crippen molar-refractivity contribution < 1.29 is 4.74 Å². The third-order valence-corrected chi connectivity index (χ3v) is 11.4. The number of ether oxygens (including phenoxy) is 1. The molecule has 1 spiro atoms. The predicted molar refractivity (Wildman–Crippen MR) is 227 cm³/mol. The summed E-state index contributed by atoms with van der Waals surface area (Å²) < 4.78 is 7.08. The molecular formula is C53H34N2O. The zero-order chi connectivity index (χ0) is 37.1. The largest absolute Gasteiger partial charge is 0.456 e. The highest BCUT2D eigenvalue weighted by atomic mass is 16.5. The molecule has 1 aliphatic heterocycles. The Balaban J connectivity index is 1.14. The van der Waals surface area contributed by atoms with E-state index in [1.54, 1.807) is 0 Å². The fourth-order valence-electron chi connectivity index (χ4n) is 8.97. The first kappa shape index (κ1) is 32.1. The third kappa shape index (κ3) is 4.91. The van der Waals surface area contributed by atoms with E-state index in [9.17, 15) is 0 Å². The minimum atomic E-state index is -0.547. The first-order valence-corrected chi connectivity index (χ1v) is 19.1. The van der Waals surface area contributed by atoms with Gasteiger partial charge in [-0.1, -0.05) is 188 Å². The molecule has 0 bridgehead atoms. The molecule has 0 unspecified atom stereocenters. The van der Waals surface area contributed by atoms with Gasteiger partial charge in [-0.05, 0) is 57.1 Å². The van der Waals surface area contributed by atoms with Crippen LogP contribution in [0.1, 0.15) is 22.3 Å². The molecule has 0 fully saturated rings. The number of aromatic nitrogens is 2. The lowest BCUT2D eigenvalue weighted by atomic mass is 9.65. The summed E-state index contributed by atoms with van der Waals surface area (Å²) in [6, 6.07) is 72.9. The van der Waals surface area contributed by atoms with Gasteiger partial charge in [0.15, 0.2) is 5.82 Å². The Morgan fingerprint density at radius 2 is 0.821 bits per heavy atom. The fraction of sp³-hybridized carbons (Fsp3) is 0.0189. The maximum Gasteiger partial charge on any atom is 0.160 e. The van der Waals surface area contributed by atoms with Crippen LogP contribution in [0.5, 0.6) is 11.5 Å². The lowest BCUT2D eigenvalue weighted by molar-refractivity contribution is 0.438. The van der Waals surface area contributed by atoms with E-state index in [2.05, 4.69) is 182 Å². The first-order valence-electron chi connectivity index (χ1n) is 19.1. The molecule has 0 amide bonds. The Kier molecular flexibility index (Phi) is 7.39. The zero-order valence-electron chi connectivity index (χ0n) is 30.4. The van der Waals surface area contributed by atoms with Gasteiger partial charge in [-0.2, -0.15) is 0 Å². The van der Waals surface area contributed by atoms with Gasteiger partial charge < -0.3 is 4.74 Å². The second-order valence-corrected chi connectivity index (χ2v) is 14.4. The zero-order valence-corrected chi connectivity index (χ0v) is 30.4. The minimum Gasteiger partial charge on any atom is -0.456 e. The van der Waals surface area contributed by atoms with Crippen molar-refractivity contribution in [3.05, 3.63) is 229 Å². The number of benzene rings is 8. The van der Waals surface area contributed by atoms with Crippen LogP contribution in [0.4, 0.5) is 0 Å². The molecule has 0 saturated carbocycles. The fourth-order valence-corrected chi connectivity index (χ4v) is 8.97. The van der Waals surface area contributed by atoms with Crippen LogP contribution in [-0.2, 0) is 5.41 Å². The molecule has 2 aliphatic rings. The van der Waals surface area contributed by atoms with E-state index in [1.165, 1.54) is 22.3 Å². The van der Waals surface area contributed by atoms with Crippen LogP contribution < -0.4 is 4.74 Å². The van der Waals surface area contributed by atoms with Crippen molar-refractivity contribution in [1.82, 2.24) is 9.97 Å². The minimum absolute atomic E-state index is 0.547. The van der Waals surface area contributed by atoms with Crippen LogP contribution in [-0.4, -0.2) is 9.97 Å². The summed E-state index contributed by atoms with van der Waals surface area (Å²) in [6.45, 7) is 0. The summed E-state index contributed by atoms with van der Waals surface area (Å²) in [5.74, 6) is 2.40. The highest BCUT2D eigenvalue weighted by Crippen LogP contribution is 2.63. The van der Waals surface area contributed by atoms with Crippen molar-refractivity contribution in [1.29, 1.82) is 0 Å². The molecule has 3 heteroatoms. The van der Waals surface area contributed by atoms with Crippen molar-refractivity contribution >= 4 is 0 Å². The number of rotatable bonds is 5. The Morgan fingerprint density at radius 3 is 1.55 bits per heavy atom. The van der Waals surface area contributed by atoms with Gasteiger partial charge in [0.05, 0.1) is 16.8 Å². The van der Waals surface area contributed by atoms with E-state index >= 15 is 0 Å². The van der Waals surface area contributed by atoms with Crippen LogP contribution in [0.15, 0.2) is 206 Å². The summed E-state index contributed by atoms with van der Waals surface area (Å²) in [5, 5.41) is 0. The lowest BCUT2D eigenvalue weighted by Crippen LogP contribution is -2.32. The number of hydrogen-bond acceptors (Lipinski definition) is 3. The number of para-hydroxylation sites is 2. The molecule has 56 heavy (non-hydrogen) atoms. The molecule has 0 saturated heterocycles. The number of nitrogens with zero attached hydrogens (tertiary/aromatic N) is 2. The SMILES string of the molecule is c1ccc(-c2cccc(-c3cc(-c4ccccc4-c4cccc5c4Oc4ccccc4C54c5ccccc5-c5ccccc54)nc(-c4ccccc4)n3)c2)cc1. The van der Waals surface area contributed by atoms with E-state index in [4.69, 9.17) is 14.7 Å². The van der Waals surface area contributed by atoms with Crippen LogP contribution in [0.3, 0.4) is 0 Å². The third-order valence-electron chi connectivity index (χ3n) is 11.4. The second-order valence-electron chi connectivity index (χ2n) is 14.4. The Labute approximate surface area is 326 Å². The average molecular weight is 715 g/mol. The van der Waals surface area contributed by atoms with Crippen molar-refractivity contribution in [3.63, 3.8) is 0 Å². The van der Waals surface area contributed by atoms with Crippen molar-refractivity contribution in [2.45, 2.75) is 5.41 Å². The molecule has 262 valence electrons. The summed E-state index contributed by atoms with van der Waals surface area (Å²) in [6.07, 6.45) is 0. The van der Waals surface area contributed by atoms with Gasteiger partial charge in [0.25, 0.3) is 0 Å². The van der Waals surface area contributed by atoms with Crippen LogP contribution in [0, 0.1) is 0 Å². The highest BCUT2D eigenvalue weighted by Gasteiger charge is 2.51. The summed E-state index contributed by atoms with van der Waals surface area (Å²) in [5.41, 5.74) is 15.9. The Hall–Kier alpha value is -7.36. The molecule has 1 aliphatic carbocycles. The Morgan fingerprint density at radius 1 is 0.321 bits per heavy atom. The summed E-state index contributed by atoms with van der Waals surface area (Å²) in [4.78, 5) is 10.5. The summed E-state index contributed by atoms with van der Waals surface area (Å²) in [7, 11) is 0. The maximum atomic E-state index is 7.08. The topological polar surface area (TPSA) is 35.0 Å². The molecule has 9 aromatic rings. The van der Waals surface area contributed by atoms with E-state index < -0.39 is 5.41 Å². The first-order chi connectivity index (χ1) is 27.8. The van der Waals surface area contributed by atoms with Gasteiger partial charge in [0, 0.05) is 33.4 Å². The molecule has 11 rings (SSSR count). The molecule has 1 aromatic heterocycles. The number of fused-ring (bicyclic) bond motifs is 9. The standard InChI is InChI=1S/C53H34N2O/c1-3-17-35(18-4-1)37-21-15-22-38(33-37)48-34-49(55-52(54-48)36-19-5-2-6-20-36)42-26-8-7-23-39(42)43-27-16-31-47-51(43)56-50-32-14-13-30-46(50)53(47)44-28-11-9-24-40(44)41-25-10-12-29-45(41)53/h1-34H. The van der Waals surface area contributed by atoms with Crippen molar-refractivity contribution in [2.24, 2.45) is 0 Å². The van der Waals surface area contributed by atoms with Gasteiger partial charge in [0.2, 0.25) is 0 Å². The second kappa shape index (κ2) is 12.9. The van der Waals surface area contributed by atoms with Gasteiger partial charge >= 0.3 is 0 Å². The van der Waals surface area contributed by atoms with E-state index in [0.29, 0.717) is 5.82 Å². The van der Waals surface area contributed by atoms with Crippen molar-refractivity contribution in [3.8, 4) is 78.8 Å². The van der Waals surface area contributed by atoms with Crippen LogP contribution in [0.25, 0.3) is 67.3 Å².